The van der Waals surface area contributed by atoms with Crippen molar-refractivity contribution in [1.82, 2.24) is 19.6 Å². The molecule has 0 saturated carbocycles. The van der Waals surface area contributed by atoms with Crippen molar-refractivity contribution in [1.29, 1.82) is 0 Å². The Morgan fingerprint density at radius 1 is 0.500 bits per heavy atom. The lowest BCUT2D eigenvalue weighted by atomic mass is 9.62. The third-order valence-electron chi connectivity index (χ3n) is 13.1. The fourth-order valence-corrected chi connectivity index (χ4v) is 9.09. The average molecular weight is 1060 g/mol. The van der Waals surface area contributed by atoms with Gasteiger partial charge in [-0.05, 0) is 103 Å². The first-order valence-electron chi connectivity index (χ1n) is 25.7. The van der Waals surface area contributed by atoms with Crippen LogP contribution in [0.2, 0.25) is 6.82 Å². The molecule has 0 aromatic carbocycles. The summed E-state index contributed by atoms with van der Waals surface area (Å²) in [7, 11) is -4.64. The van der Waals surface area contributed by atoms with Crippen molar-refractivity contribution in [3.8, 4) is 0 Å². The Morgan fingerprint density at radius 3 is 1.12 bits per heavy atom. The van der Waals surface area contributed by atoms with Gasteiger partial charge in [-0.15, -0.1) is 0 Å². The van der Waals surface area contributed by atoms with Crippen LogP contribution in [-0.2, 0) is 19.2 Å². The summed E-state index contributed by atoms with van der Waals surface area (Å²) >= 11 is 0. The molecule has 29 N–H and O–H groups in total. The number of nitrogens with zero attached hydrogens (tertiary/aromatic N) is 6. The van der Waals surface area contributed by atoms with E-state index in [4.69, 9.17) is 57.3 Å². The number of aliphatic imine (C=N–C) groups is 2. The van der Waals surface area contributed by atoms with Crippen molar-refractivity contribution < 1.29 is 64.6 Å². The molecule has 33 heteroatoms. The number of rotatable bonds is 24. The van der Waals surface area contributed by atoms with Gasteiger partial charge in [0, 0.05) is 45.2 Å². The standard InChI is InChI=1S/C11H24BN5O3.C10H22BN5O3.C10H22BN3O4.C10H22BN3O3/c1-12(20)9-5-7(18)6-17(9)10(19)8(13)3-2-4-16-11(14)15;12-7(3-1-5-15-10(13)14)9(17)16-6-2-4-8(16)11(18)19;12-4-2-1-3-8(13)10(16)14-6-7(15)5-9(14)11(17)18;12-6-2-1-4-8(13)10(15)14-7-3-5-9(14)11(16)17/h7-9,18,20H,2-6,13H2,1H3,(H4,14,15,16);7-8,18-19H,1-6,12H2,(H4,13,14,15);7-9,15,17-18H,1-6,12-13H2;8-9,16-17H,1-7,12-13H2/t7-,8-,9-;7-,8-;7-,8-,9-;8-,9-/m0000/s1. The number of carbonyl (C=O) groups is 4. The van der Waals surface area contributed by atoms with Gasteiger partial charge in [-0.3, -0.25) is 29.2 Å². The van der Waals surface area contributed by atoms with E-state index < -0.39 is 82.5 Å². The highest BCUT2D eigenvalue weighted by molar-refractivity contribution is 6.51. The lowest BCUT2D eigenvalue weighted by Gasteiger charge is -2.27. The molecule has 0 bridgehead atoms. The molecular formula is C41H90B4N16O13. The van der Waals surface area contributed by atoms with E-state index in [2.05, 4.69) is 9.98 Å². The van der Waals surface area contributed by atoms with E-state index in [9.17, 15) is 64.6 Å². The zero-order chi connectivity index (χ0) is 56.2. The lowest BCUT2D eigenvalue weighted by Crippen LogP contribution is -2.51. The van der Waals surface area contributed by atoms with Gasteiger partial charge >= 0.3 is 28.3 Å². The number of aliphatic hydroxyl groups is 2. The van der Waals surface area contributed by atoms with Gasteiger partial charge in [-0.25, -0.2) is 0 Å². The molecule has 4 fully saturated rings. The number of β-amino-alcohol motifs (C(OH)–C–C–N with tert-alkyl or cyclic N) is 2. The van der Waals surface area contributed by atoms with Crippen LogP contribution in [-0.4, -0.2) is 241 Å². The van der Waals surface area contributed by atoms with Gasteiger partial charge in [0.05, 0.1) is 54.2 Å². The second-order valence-electron chi connectivity index (χ2n) is 19.3. The number of hydrogen-bond acceptors (Lipinski definition) is 21. The zero-order valence-electron chi connectivity index (χ0n) is 43.2. The molecule has 0 radical (unpaired) electrons. The number of hydrogen-bond donors (Lipinski definition) is 19. The predicted octanol–water partition coefficient (Wildman–Crippen LogP) is -9.29. The normalized spacial score (nSPS) is 22.6. The Labute approximate surface area is 436 Å². The molecule has 4 rings (SSSR count). The van der Waals surface area contributed by atoms with Crippen molar-refractivity contribution >= 4 is 63.8 Å². The van der Waals surface area contributed by atoms with Crippen LogP contribution >= 0.6 is 0 Å². The van der Waals surface area contributed by atoms with Gasteiger partial charge in [0.1, 0.15) is 0 Å². The van der Waals surface area contributed by atoms with Crippen LogP contribution in [0.3, 0.4) is 0 Å². The summed E-state index contributed by atoms with van der Waals surface area (Å²) in [5.74, 6) is -3.19. The van der Waals surface area contributed by atoms with E-state index >= 15 is 0 Å². The highest BCUT2D eigenvalue weighted by Crippen LogP contribution is 2.23. The van der Waals surface area contributed by atoms with E-state index in [0.29, 0.717) is 97.1 Å². The molecule has 0 aromatic heterocycles. The van der Waals surface area contributed by atoms with E-state index in [0.717, 1.165) is 38.5 Å². The molecule has 0 unspecified atom stereocenters. The molecule has 4 saturated heterocycles. The Morgan fingerprint density at radius 2 is 0.811 bits per heavy atom. The minimum atomic E-state index is -1.65. The summed E-state index contributed by atoms with van der Waals surface area (Å²) in [5, 5.41) is 83.9. The fraction of sp³-hybridized carbons (Fsp3) is 0.854. The van der Waals surface area contributed by atoms with E-state index in [1.807, 2.05) is 0 Å². The minimum Gasteiger partial charge on any atom is -0.449 e. The van der Waals surface area contributed by atoms with E-state index in [1.165, 1.54) is 19.6 Å². The Balaban J connectivity index is 0.000000494. The summed E-state index contributed by atoms with van der Waals surface area (Å²) in [4.78, 5) is 61.7. The van der Waals surface area contributed by atoms with Gasteiger partial charge in [0.15, 0.2) is 11.9 Å². The van der Waals surface area contributed by atoms with Crippen LogP contribution in [0.4, 0.5) is 0 Å². The van der Waals surface area contributed by atoms with Gasteiger partial charge in [0.25, 0.3) is 0 Å². The first kappa shape index (κ1) is 68.1. The molecule has 0 spiro atoms. The molecule has 0 aliphatic carbocycles. The maximum absolute atomic E-state index is 12.2. The largest absolute Gasteiger partial charge is 0.475 e. The van der Waals surface area contributed by atoms with Crippen LogP contribution in [0.15, 0.2) is 9.98 Å². The molecule has 0 aromatic rings. The Hall–Kier alpha value is -3.92. The predicted molar refractivity (Wildman–Crippen MR) is 284 cm³/mol. The number of carbonyl (C=O) groups excluding carboxylic acids is 4. The SMILES string of the molecule is CB(O)[C@@H]1C[C@H](O)CN1C(=O)[C@@H](N)CCCN=C(N)N.NC(N)=NCCC[C@H](N)C(=O)N1CCC[C@H]1B(O)O.NCCCC[C@H](N)C(=O)N1CCC[C@H]1B(O)O.NCCCC[C@H](N)C(=O)N1C[C@@H](O)C[C@H]1B(O)O. The summed E-state index contributed by atoms with van der Waals surface area (Å²) in [6, 6.07) is -2.56. The van der Waals surface area contributed by atoms with Crippen LogP contribution < -0.4 is 57.3 Å². The Bertz CT molecular complexity index is 1700. The third-order valence-corrected chi connectivity index (χ3v) is 13.1. The molecule has 424 valence electrons. The molecule has 4 aliphatic rings. The summed E-state index contributed by atoms with van der Waals surface area (Å²) in [5.41, 5.74) is 54.7. The first-order chi connectivity index (χ1) is 34.8. The van der Waals surface area contributed by atoms with Gasteiger partial charge < -0.3 is 122 Å². The molecule has 29 nitrogen and oxygen atoms in total. The first-order valence-corrected chi connectivity index (χ1v) is 25.7. The van der Waals surface area contributed by atoms with E-state index in [-0.39, 0.29) is 61.0 Å². The zero-order valence-corrected chi connectivity index (χ0v) is 43.2. The van der Waals surface area contributed by atoms with Crippen molar-refractivity contribution in [3.63, 3.8) is 0 Å². The second-order valence-corrected chi connectivity index (χ2v) is 19.3. The Kier molecular flexibility index (Phi) is 33.3. The average Bonchev–Trinajstić information content (AvgIpc) is 4.18. The summed E-state index contributed by atoms with van der Waals surface area (Å²) in [6.45, 7) is 4.32. The highest BCUT2D eigenvalue weighted by Gasteiger charge is 2.43. The van der Waals surface area contributed by atoms with E-state index in [1.54, 1.807) is 6.82 Å². The van der Waals surface area contributed by atoms with Crippen molar-refractivity contribution in [2.24, 2.45) is 67.3 Å². The fourth-order valence-electron chi connectivity index (χ4n) is 9.09. The van der Waals surface area contributed by atoms with Crippen molar-refractivity contribution in [3.05, 3.63) is 0 Å². The van der Waals surface area contributed by atoms with Crippen molar-refractivity contribution in [2.45, 2.75) is 170 Å². The molecule has 4 heterocycles. The molecule has 4 aliphatic heterocycles. The minimum absolute atomic E-state index is 0.0155. The van der Waals surface area contributed by atoms with Crippen LogP contribution in [0.5, 0.6) is 0 Å². The maximum atomic E-state index is 12.2. The number of likely N-dealkylation sites (tertiary alicyclic amines) is 4. The molecule has 74 heavy (non-hydrogen) atoms. The third kappa shape index (κ3) is 24.4. The molecule has 4 amide bonds. The number of nitrogens with two attached hydrogens (primary N) is 10. The monoisotopic (exact) mass is 1060 g/mol. The quantitative estimate of drug-likeness (QED) is 0.0185. The number of amides is 4. The number of aliphatic hydroxyl groups excluding tert-OH is 2. The highest BCUT2D eigenvalue weighted by atomic mass is 16.4. The van der Waals surface area contributed by atoms with Crippen LogP contribution in [0.25, 0.3) is 0 Å². The summed E-state index contributed by atoms with van der Waals surface area (Å²) in [6.07, 6.45) is 8.44. The van der Waals surface area contributed by atoms with Crippen LogP contribution in [0.1, 0.15) is 103 Å². The van der Waals surface area contributed by atoms with Gasteiger partial charge in [-0.1, -0.05) is 19.7 Å². The summed E-state index contributed by atoms with van der Waals surface area (Å²) < 4.78 is 0. The smallest absolute Gasteiger partial charge is 0.449 e. The van der Waals surface area contributed by atoms with Crippen LogP contribution in [0, 0.1) is 0 Å². The molecule has 10 atom stereocenters. The topological polar surface area (TPSA) is 548 Å². The van der Waals surface area contributed by atoms with Crippen molar-refractivity contribution in [2.75, 3.05) is 52.4 Å². The van der Waals surface area contributed by atoms with Gasteiger partial charge in [-0.2, -0.15) is 0 Å². The number of unbranched alkanes of at least 4 members (excludes halogenated alkanes) is 2. The lowest BCUT2D eigenvalue weighted by molar-refractivity contribution is -0.133. The second kappa shape index (κ2) is 36.2. The molecular weight excluding hydrogens is 968 g/mol. The number of guanidine groups is 2. The van der Waals surface area contributed by atoms with Gasteiger partial charge in [0.2, 0.25) is 23.6 Å². The maximum Gasteiger partial charge on any atom is 0.475 e.